The highest BCUT2D eigenvalue weighted by Crippen LogP contribution is 2.48. The van der Waals surface area contributed by atoms with E-state index in [9.17, 15) is 9.59 Å². The topological polar surface area (TPSA) is 71.1 Å². The van der Waals surface area contributed by atoms with Gasteiger partial charge >= 0.3 is 12.1 Å². The first-order chi connectivity index (χ1) is 14.4. The van der Waals surface area contributed by atoms with E-state index in [1.807, 2.05) is 6.92 Å². The SMILES string of the molecule is CCCCOC(=O)OC(C)OC1=C(c2ccc(Cl)cc2Cl)C(=O)OC12CCCCC2. The quantitative estimate of drug-likeness (QED) is 0.273. The maximum absolute atomic E-state index is 12.9. The fourth-order valence-electron chi connectivity index (χ4n) is 3.80. The minimum atomic E-state index is -0.969. The Hall–Kier alpha value is -1.92. The molecule has 1 aliphatic heterocycles. The summed E-state index contributed by atoms with van der Waals surface area (Å²) in [4.78, 5) is 24.8. The number of benzene rings is 1. The predicted octanol–water partition coefficient (Wildman–Crippen LogP) is 6.28. The van der Waals surface area contributed by atoms with Crippen LogP contribution in [-0.2, 0) is 23.7 Å². The van der Waals surface area contributed by atoms with Crippen LogP contribution in [0.25, 0.3) is 5.57 Å². The standard InChI is InChI=1S/C22H26Cl2O6/c1-3-4-12-27-21(26)29-14(2)28-19-18(16-9-8-15(23)13-17(16)24)20(25)30-22(19)10-6-5-7-11-22/h8-9,13-14H,3-7,10-12H2,1-2H3. The second kappa shape index (κ2) is 9.92. The van der Waals surface area contributed by atoms with Crippen LogP contribution in [0, 0.1) is 0 Å². The molecule has 0 N–H and O–H groups in total. The summed E-state index contributed by atoms with van der Waals surface area (Å²) in [5, 5.41) is 0.771. The molecule has 3 rings (SSSR count). The van der Waals surface area contributed by atoms with Gasteiger partial charge in [0.1, 0.15) is 5.57 Å². The number of hydrogen-bond acceptors (Lipinski definition) is 6. The molecule has 1 aliphatic carbocycles. The van der Waals surface area contributed by atoms with E-state index < -0.39 is 24.0 Å². The normalized spacial score (nSPS) is 18.9. The van der Waals surface area contributed by atoms with Gasteiger partial charge in [-0.25, -0.2) is 9.59 Å². The maximum atomic E-state index is 12.9. The lowest BCUT2D eigenvalue weighted by molar-refractivity contribution is -0.156. The van der Waals surface area contributed by atoms with Crippen LogP contribution in [0.3, 0.4) is 0 Å². The third-order valence-electron chi connectivity index (χ3n) is 5.26. The number of halogens is 2. The molecule has 1 saturated carbocycles. The number of hydrogen-bond donors (Lipinski definition) is 0. The first-order valence-corrected chi connectivity index (χ1v) is 11.1. The summed E-state index contributed by atoms with van der Waals surface area (Å²) in [6, 6.07) is 4.88. The van der Waals surface area contributed by atoms with Gasteiger partial charge in [-0.05, 0) is 44.2 Å². The Balaban J connectivity index is 1.90. The summed E-state index contributed by atoms with van der Waals surface area (Å²) in [5.74, 6) is -0.154. The van der Waals surface area contributed by atoms with Crippen molar-refractivity contribution < 1.29 is 28.5 Å². The summed E-state index contributed by atoms with van der Waals surface area (Å²) >= 11 is 12.4. The van der Waals surface area contributed by atoms with Crippen molar-refractivity contribution in [2.45, 2.75) is 70.7 Å². The molecule has 0 radical (unpaired) electrons. The lowest BCUT2D eigenvalue weighted by Crippen LogP contribution is -2.37. The molecule has 1 aromatic carbocycles. The highest BCUT2D eigenvalue weighted by atomic mass is 35.5. The van der Waals surface area contributed by atoms with Crippen molar-refractivity contribution in [3.8, 4) is 0 Å². The Kier molecular flexibility index (Phi) is 7.53. The Labute approximate surface area is 186 Å². The molecular weight excluding hydrogens is 431 g/mol. The third-order valence-corrected chi connectivity index (χ3v) is 5.81. The smallest absolute Gasteiger partial charge is 0.454 e. The summed E-state index contributed by atoms with van der Waals surface area (Å²) < 4.78 is 22.1. The molecule has 0 aromatic heterocycles. The average Bonchev–Trinajstić information content (AvgIpc) is 2.93. The van der Waals surface area contributed by atoms with Crippen LogP contribution in [0.5, 0.6) is 0 Å². The van der Waals surface area contributed by atoms with Gasteiger partial charge in [-0.2, -0.15) is 0 Å². The van der Waals surface area contributed by atoms with Crippen LogP contribution in [-0.4, -0.2) is 30.6 Å². The second-order valence-corrected chi connectivity index (χ2v) is 8.37. The monoisotopic (exact) mass is 456 g/mol. The molecule has 1 unspecified atom stereocenters. The molecule has 164 valence electrons. The van der Waals surface area contributed by atoms with E-state index in [-0.39, 0.29) is 12.2 Å². The van der Waals surface area contributed by atoms with E-state index in [0.717, 1.165) is 32.1 Å². The number of esters is 1. The van der Waals surface area contributed by atoms with Crippen LogP contribution in [0.1, 0.15) is 64.4 Å². The molecule has 2 aliphatic rings. The van der Waals surface area contributed by atoms with Crippen molar-refractivity contribution in [1.82, 2.24) is 0 Å². The molecule has 0 bridgehead atoms. The van der Waals surface area contributed by atoms with Crippen molar-refractivity contribution in [2.75, 3.05) is 6.61 Å². The van der Waals surface area contributed by atoms with Crippen LogP contribution in [0.2, 0.25) is 10.0 Å². The zero-order chi connectivity index (χ0) is 21.7. The molecule has 8 heteroatoms. The molecule has 0 saturated heterocycles. The van der Waals surface area contributed by atoms with Gasteiger partial charge in [0.25, 0.3) is 0 Å². The Morgan fingerprint density at radius 3 is 2.63 bits per heavy atom. The summed E-state index contributed by atoms with van der Waals surface area (Å²) in [6.07, 6.45) is 3.99. The van der Waals surface area contributed by atoms with Crippen molar-refractivity contribution in [3.05, 3.63) is 39.6 Å². The van der Waals surface area contributed by atoms with E-state index in [1.165, 1.54) is 0 Å². The largest absolute Gasteiger partial charge is 0.511 e. The molecule has 1 atom stereocenters. The number of ether oxygens (including phenoxy) is 4. The molecular formula is C22H26Cl2O6. The molecule has 30 heavy (non-hydrogen) atoms. The van der Waals surface area contributed by atoms with Crippen LogP contribution < -0.4 is 0 Å². The number of unbranched alkanes of at least 4 members (excludes halogenated alkanes) is 1. The van der Waals surface area contributed by atoms with Gasteiger partial charge in [0.05, 0.1) is 11.6 Å². The highest BCUT2D eigenvalue weighted by Gasteiger charge is 2.51. The van der Waals surface area contributed by atoms with Gasteiger partial charge in [-0.1, -0.05) is 49.0 Å². The average molecular weight is 457 g/mol. The Bertz CT molecular complexity index is 829. The van der Waals surface area contributed by atoms with E-state index in [4.69, 9.17) is 42.1 Å². The van der Waals surface area contributed by atoms with Crippen molar-refractivity contribution in [2.24, 2.45) is 0 Å². The number of carbonyl (C=O) groups is 2. The zero-order valence-electron chi connectivity index (χ0n) is 17.2. The lowest BCUT2D eigenvalue weighted by atomic mass is 9.82. The van der Waals surface area contributed by atoms with Crippen LogP contribution in [0.4, 0.5) is 4.79 Å². The van der Waals surface area contributed by atoms with E-state index >= 15 is 0 Å². The first kappa shape index (κ1) is 22.8. The van der Waals surface area contributed by atoms with Gasteiger partial charge in [0, 0.05) is 17.5 Å². The molecule has 6 nitrogen and oxygen atoms in total. The minimum absolute atomic E-state index is 0.244. The van der Waals surface area contributed by atoms with E-state index in [1.54, 1.807) is 25.1 Å². The predicted molar refractivity (Wildman–Crippen MR) is 113 cm³/mol. The fraction of sp³-hybridized carbons (Fsp3) is 0.545. The maximum Gasteiger partial charge on any atom is 0.511 e. The number of rotatable bonds is 7. The van der Waals surface area contributed by atoms with Crippen molar-refractivity contribution in [3.63, 3.8) is 0 Å². The van der Waals surface area contributed by atoms with Gasteiger partial charge in [0.15, 0.2) is 11.4 Å². The van der Waals surface area contributed by atoms with Crippen molar-refractivity contribution in [1.29, 1.82) is 0 Å². The lowest BCUT2D eigenvalue weighted by Gasteiger charge is -2.34. The molecule has 1 spiro atoms. The van der Waals surface area contributed by atoms with Gasteiger partial charge in [-0.3, -0.25) is 0 Å². The molecule has 1 fully saturated rings. The Morgan fingerprint density at radius 1 is 1.23 bits per heavy atom. The second-order valence-electron chi connectivity index (χ2n) is 7.53. The van der Waals surface area contributed by atoms with Crippen LogP contribution >= 0.6 is 23.2 Å². The van der Waals surface area contributed by atoms with E-state index in [2.05, 4.69) is 0 Å². The van der Waals surface area contributed by atoms with Crippen molar-refractivity contribution >= 4 is 40.9 Å². The van der Waals surface area contributed by atoms with Crippen LogP contribution in [0.15, 0.2) is 24.0 Å². The molecule has 1 heterocycles. The van der Waals surface area contributed by atoms with Gasteiger partial charge in [0.2, 0.25) is 6.29 Å². The number of carbonyl (C=O) groups excluding carboxylic acids is 2. The highest BCUT2D eigenvalue weighted by molar-refractivity contribution is 6.37. The van der Waals surface area contributed by atoms with Gasteiger partial charge < -0.3 is 18.9 Å². The summed E-state index contributed by atoms with van der Waals surface area (Å²) in [5.41, 5.74) is -0.160. The zero-order valence-corrected chi connectivity index (χ0v) is 18.7. The minimum Gasteiger partial charge on any atom is -0.454 e. The third kappa shape index (κ3) is 5.03. The summed E-state index contributed by atoms with van der Waals surface area (Å²) in [6.45, 7) is 3.85. The Morgan fingerprint density at radius 2 is 1.97 bits per heavy atom. The summed E-state index contributed by atoms with van der Waals surface area (Å²) in [7, 11) is 0. The first-order valence-electron chi connectivity index (χ1n) is 10.3. The van der Waals surface area contributed by atoms with E-state index in [0.29, 0.717) is 34.2 Å². The molecule has 0 amide bonds. The fourth-order valence-corrected chi connectivity index (χ4v) is 4.30. The molecule has 1 aromatic rings. The van der Waals surface area contributed by atoms with Gasteiger partial charge in [-0.15, -0.1) is 0 Å².